The molecule has 0 radical (unpaired) electrons. The van der Waals surface area contributed by atoms with Crippen molar-refractivity contribution in [3.8, 4) is 0 Å². The highest BCUT2D eigenvalue weighted by atomic mass is 32.2. The van der Waals surface area contributed by atoms with E-state index in [1.54, 1.807) is 12.4 Å². The minimum atomic E-state index is -0.838. The molecule has 0 aromatic carbocycles. The lowest BCUT2D eigenvalue weighted by Crippen LogP contribution is -2.03. The Labute approximate surface area is 115 Å². The minimum Gasteiger partial charge on any atom is -0.481 e. The van der Waals surface area contributed by atoms with Crippen LogP contribution in [0.4, 0.5) is 0 Å². The van der Waals surface area contributed by atoms with E-state index < -0.39 is 5.97 Å². The Hall–Kier alpha value is -1.82. The summed E-state index contributed by atoms with van der Waals surface area (Å²) in [7, 11) is 0. The number of aromatic nitrogens is 3. The first-order chi connectivity index (χ1) is 9.22. The highest BCUT2D eigenvalue weighted by molar-refractivity contribution is 7.99. The SMILES string of the molecule is C/C=C/CCn1c(SCC(=O)O)nc2cnccc21. The van der Waals surface area contributed by atoms with Crippen molar-refractivity contribution in [2.24, 2.45) is 0 Å². The van der Waals surface area contributed by atoms with E-state index in [0.29, 0.717) is 0 Å². The Morgan fingerprint density at radius 2 is 2.42 bits per heavy atom. The number of hydrogen-bond donors (Lipinski definition) is 1. The Morgan fingerprint density at radius 1 is 1.58 bits per heavy atom. The average molecular weight is 277 g/mol. The fourth-order valence-electron chi connectivity index (χ4n) is 1.78. The molecule has 0 atom stereocenters. The number of nitrogens with zero attached hydrogens (tertiary/aromatic N) is 3. The molecule has 0 fully saturated rings. The van der Waals surface area contributed by atoms with Crippen molar-refractivity contribution in [2.45, 2.75) is 25.0 Å². The lowest BCUT2D eigenvalue weighted by molar-refractivity contribution is -0.133. The second-order valence-corrected chi connectivity index (χ2v) is 4.89. The third-order valence-electron chi connectivity index (χ3n) is 2.60. The van der Waals surface area contributed by atoms with Crippen LogP contribution in [-0.2, 0) is 11.3 Å². The Kier molecular flexibility index (Phi) is 4.57. The number of pyridine rings is 1. The first kappa shape index (κ1) is 13.6. The van der Waals surface area contributed by atoms with E-state index >= 15 is 0 Å². The van der Waals surface area contributed by atoms with Gasteiger partial charge in [0.1, 0.15) is 5.52 Å². The molecule has 0 bridgehead atoms. The van der Waals surface area contributed by atoms with E-state index in [9.17, 15) is 4.79 Å². The summed E-state index contributed by atoms with van der Waals surface area (Å²) in [6, 6.07) is 1.91. The fourth-order valence-corrected chi connectivity index (χ4v) is 2.54. The molecular weight excluding hydrogens is 262 g/mol. The van der Waals surface area contributed by atoms with Gasteiger partial charge in [0, 0.05) is 12.7 Å². The van der Waals surface area contributed by atoms with Gasteiger partial charge in [-0.3, -0.25) is 9.78 Å². The number of hydrogen-bond acceptors (Lipinski definition) is 4. The van der Waals surface area contributed by atoms with Gasteiger partial charge in [0.25, 0.3) is 0 Å². The van der Waals surface area contributed by atoms with E-state index in [-0.39, 0.29) is 5.75 Å². The zero-order valence-electron chi connectivity index (χ0n) is 10.6. The Balaban J connectivity index is 2.31. The monoisotopic (exact) mass is 277 g/mol. The van der Waals surface area contributed by atoms with Crippen molar-refractivity contribution >= 4 is 28.8 Å². The van der Waals surface area contributed by atoms with E-state index in [4.69, 9.17) is 5.11 Å². The molecular formula is C13H15N3O2S. The predicted octanol–water partition coefficient (Wildman–Crippen LogP) is 2.57. The van der Waals surface area contributed by atoms with Gasteiger partial charge in [-0.2, -0.15) is 0 Å². The number of carboxylic acid groups (broad SMARTS) is 1. The highest BCUT2D eigenvalue weighted by Gasteiger charge is 2.12. The molecule has 1 N–H and O–H groups in total. The first-order valence-electron chi connectivity index (χ1n) is 5.98. The molecule has 0 spiro atoms. The third-order valence-corrected chi connectivity index (χ3v) is 3.56. The Morgan fingerprint density at radius 3 is 3.16 bits per heavy atom. The maximum Gasteiger partial charge on any atom is 0.313 e. The number of aryl methyl sites for hydroxylation is 1. The number of aliphatic carboxylic acids is 1. The molecule has 19 heavy (non-hydrogen) atoms. The lowest BCUT2D eigenvalue weighted by atomic mass is 10.3. The molecule has 0 saturated heterocycles. The van der Waals surface area contributed by atoms with Crippen LogP contribution in [0, 0.1) is 0 Å². The van der Waals surface area contributed by atoms with E-state index in [2.05, 4.69) is 16.0 Å². The van der Waals surface area contributed by atoms with Crippen LogP contribution in [-0.4, -0.2) is 31.4 Å². The summed E-state index contributed by atoms with van der Waals surface area (Å²) >= 11 is 1.24. The molecule has 6 heteroatoms. The van der Waals surface area contributed by atoms with Crippen molar-refractivity contribution in [3.63, 3.8) is 0 Å². The largest absolute Gasteiger partial charge is 0.481 e. The second kappa shape index (κ2) is 6.38. The third kappa shape index (κ3) is 3.35. The van der Waals surface area contributed by atoms with Crippen LogP contribution in [0.3, 0.4) is 0 Å². The van der Waals surface area contributed by atoms with Gasteiger partial charge in [-0.15, -0.1) is 0 Å². The zero-order chi connectivity index (χ0) is 13.7. The van der Waals surface area contributed by atoms with Gasteiger partial charge in [0.15, 0.2) is 5.16 Å². The molecule has 0 aliphatic rings. The van der Waals surface area contributed by atoms with Crippen molar-refractivity contribution < 1.29 is 9.90 Å². The van der Waals surface area contributed by atoms with Crippen LogP contribution in [0.2, 0.25) is 0 Å². The summed E-state index contributed by atoms with van der Waals surface area (Å²) in [5.74, 6) is -0.824. The number of fused-ring (bicyclic) bond motifs is 1. The summed E-state index contributed by atoms with van der Waals surface area (Å²) in [4.78, 5) is 19.2. The number of allylic oxidation sites excluding steroid dienone is 2. The normalized spacial score (nSPS) is 11.4. The van der Waals surface area contributed by atoms with E-state index in [1.165, 1.54) is 11.8 Å². The van der Waals surface area contributed by atoms with Gasteiger partial charge in [0.2, 0.25) is 0 Å². The number of imidazole rings is 1. The van der Waals surface area contributed by atoms with Gasteiger partial charge in [-0.25, -0.2) is 4.98 Å². The number of thioether (sulfide) groups is 1. The van der Waals surface area contributed by atoms with Crippen molar-refractivity contribution in [1.29, 1.82) is 0 Å². The van der Waals surface area contributed by atoms with E-state index in [0.717, 1.165) is 29.2 Å². The van der Waals surface area contributed by atoms with Crippen LogP contribution in [0.1, 0.15) is 13.3 Å². The summed E-state index contributed by atoms with van der Waals surface area (Å²) in [5, 5.41) is 9.50. The zero-order valence-corrected chi connectivity index (χ0v) is 11.4. The van der Waals surface area contributed by atoms with Gasteiger partial charge in [0.05, 0.1) is 17.5 Å². The number of rotatable bonds is 6. The predicted molar refractivity (Wildman–Crippen MR) is 75.3 cm³/mol. The van der Waals surface area contributed by atoms with E-state index in [1.807, 2.05) is 23.6 Å². The van der Waals surface area contributed by atoms with Crippen LogP contribution in [0.5, 0.6) is 0 Å². The van der Waals surface area contributed by atoms with Gasteiger partial charge < -0.3 is 9.67 Å². The van der Waals surface area contributed by atoms with Crippen LogP contribution >= 0.6 is 11.8 Å². The maximum absolute atomic E-state index is 10.7. The van der Waals surface area contributed by atoms with Crippen LogP contribution < -0.4 is 0 Å². The number of carbonyl (C=O) groups is 1. The molecule has 0 aliphatic carbocycles. The molecule has 0 amide bonds. The van der Waals surface area contributed by atoms with Crippen molar-refractivity contribution in [2.75, 3.05) is 5.75 Å². The Bertz CT molecular complexity index is 607. The molecule has 0 aliphatic heterocycles. The standard InChI is InChI=1S/C13H15N3O2S/c1-2-3-4-7-16-11-5-6-14-8-10(11)15-13(16)19-9-12(17)18/h2-3,5-6,8H,4,7,9H2,1H3,(H,17,18)/b3-2+. The molecule has 100 valence electrons. The smallest absolute Gasteiger partial charge is 0.313 e. The van der Waals surface area contributed by atoms with Crippen molar-refractivity contribution in [3.05, 3.63) is 30.6 Å². The molecule has 0 saturated carbocycles. The topological polar surface area (TPSA) is 68.0 Å². The van der Waals surface area contributed by atoms with Crippen LogP contribution in [0.25, 0.3) is 11.0 Å². The molecule has 0 unspecified atom stereocenters. The molecule has 2 rings (SSSR count). The average Bonchev–Trinajstić information content (AvgIpc) is 2.75. The summed E-state index contributed by atoms with van der Waals surface area (Å²) < 4.78 is 2.05. The maximum atomic E-state index is 10.7. The van der Waals surface area contributed by atoms with Crippen LogP contribution in [0.15, 0.2) is 35.8 Å². The molecule has 5 nitrogen and oxygen atoms in total. The summed E-state index contributed by atoms with van der Waals surface area (Å²) in [5.41, 5.74) is 1.79. The van der Waals surface area contributed by atoms with Gasteiger partial charge in [-0.1, -0.05) is 23.9 Å². The molecule has 2 heterocycles. The summed E-state index contributed by atoms with van der Waals surface area (Å²) in [6.07, 6.45) is 8.41. The first-order valence-corrected chi connectivity index (χ1v) is 6.97. The highest BCUT2D eigenvalue weighted by Crippen LogP contribution is 2.23. The number of carboxylic acids is 1. The quantitative estimate of drug-likeness (QED) is 0.649. The van der Waals surface area contributed by atoms with Gasteiger partial charge in [-0.05, 0) is 19.4 Å². The second-order valence-electron chi connectivity index (χ2n) is 3.95. The molecule has 2 aromatic heterocycles. The van der Waals surface area contributed by atoms with Gasteiger partial charge >= 0.3 is 5.97 Å². The summed E-state index contributed by atoms with van der Waals surface area (Å²) in [6.45, 7) is 2.77. The van der Waals surface area contributed by atoms with Crippen molar-refractivity contribution in [1.82, 2.24) is 14.5 Å². The fraction of sp³-hybridized carbons (Fsp3) is 0.308. The minimum absolute atomic E-state index is 0.0143. The lowest BCUT2D eigenvalue weighted by Gasteiger charge is -2.06. The molecule has 2 aromatic rings.